The standard InChI is InChI=1S/C22H33N5O6/c1-12(2)9-15(23)20(30)26-16(10-14-7-5-4-6-8-14)21(31)25-13(3)19(29)27-17(22(32)33)11-18(24)28/h4-8,12-13,15-17H,9-11,23H2,1-3H3,(H2,24,28)(H,25,31)(H,26,30)(H,27,29)(H,32,33). The molecule has 0 aliphatic rings. The monoisotopic (exact) mass is 463 g/mol. The number of aliphatic carboxylic acids is 1. The number of nitrogens with two attached hydrogens (primary N) is 2. The highest BCUT2D eigenvalue weighted by molar-refractivity contribution is 5.94. The summed E-state index contributed by atoms with van der Waals surface area (Å²) in [6.45, 7) is 5.19. The predicted molar refractivity (Wildman–Crippen MR) is 120 cm³/mol. The Morgan fingerprint density at radius 1 is 0.879 bits per heavy atom. The molecule has 4 unspecified atom stereocenters. The molecule has 4 amide bonds. The maximum Gasteiger partial charge on any atom is 0.326 e. The van der Waals surface area contributed by atoms with Crippen LogP contribution >= 0.6 is 0 Å². The summed E-state index contributed by atoms with van der Waals surface area (Å²) < 4.78 is 0. The lowest BCUT2D eigenvalue weighted by Crippen LogP contribution is -2.57. The van der Waals surface area contributed by atoms with Crippen molar-refractivity contribution in [2.45, 2.75) is 64.2 Å². The molecule has 11 heteroatoms. The molecule has 182 valence electrons. The topological polar surface area (TPSA) is 194 Å². The smallest absolute Gasteiger partial charge is 0.326 e. The van der Waals surface area contributed by atoms with E-state index in [1.54, 1.807) is 24.3 Å². The zero-order chi connectivity index (χ0) is 25.1. The third-order valence-electron chi connectivity index (χ3n) is 4.75. The molecule has 0 radical (unpaired) electrons. The number of rotatable bonds is 13. The summed E-state index contributed by atoms with van der Waals surface area (Å²) in [6.07, 6.45) is -0.0104. The van der Waals surface area contributed by atoms with Gasteiger partial charge >= 0.3 is 5.97 Å². The molecule has 0 aliphatic heterocycles. The Labute approximate surface area is 192 Å². The van der Waals surface area contributed by atoms with Crippen molar-refractivity contribution in [1.82, 2.24) is 16.0 Å². The lowest BCUT2D eigenvalue weighted by Gasteiger charge is -2.24. The lowest BCUT2D eigenvalue weighted by atomic mass is 10.0. The van der Waals surface area contributed by atoms with Gasteiger partial charge in [-0.1, -0.05) is 44.2 Å². The molecule has 11 nitrogen and oxygen atoms in total. The Kier molecular flexibility index (Phi) is 11.0. The minimum atomic E-state index is -1.52. The van der Waals surface area contributed by atoms with Gasteiger partial charge in [0, 0.05) is 6.42 Å². The average molecular weight is 464 g/mol. The van der Waals surface area contributed by atoms with E-state index in [-0.39, 0.29) is 12.3 Å². The van der Waals surface area contributed by atoms with Crippen LogP contribution in [-0.2, 0) is 30.4 Å². The highest BCUT2D eigenvalue weighted by Crippen LogP contribution is 2.07. The second kappa shape index (κ2) is 13.2. The van der Waals surface area contributed by atoms with Crippen molar-refractivity contribution in [3.8, 4) is 0 Å². The van der Waals surface area contributed by atoms with Crippen LogP contribution in [0, 0.1) is 5.92 Å². The molecule has 0 saturated heterocycles. The normalized spacial score (nSPS) is 14.5. The molecule has 8 N–H and O–H groups in total. The summed E-state index contributed by atoms with van der Waals surface area (Å²) in [7, 11) is 0. The molecule has 0 heterocycles. The zero-order valence-electron chi connectivity index (χ0n) is 19.0. The predicted octanol–water partition coefficient (Wildman–Crippen LogP) is -0.963. The highest BCUT2D eigenvalue weighted by atomic mass is 16.4. The number of nitrogens with one attached hydrogen (secondary N) is 3. The molecule has 1 rings (SSSR count). The summed E-state index contributed by atoms with van der Waals surface area (Å²) >= 11 is 0. The number of carbonyl (C=O) groups excluding carboxylic acids is 4. The molecule has 0 saturated carbocycles. The van der Waals surface area contributed by atoms with Crippen molar-refractivity contribution in [1.29, 1.82) is 0 Å². The number of carboxylic acid groups (broad SMARTS) is 1. The van der Waals surface area contributed by atoms with Crippen molar-refractivity contribution in [2.24, 2.45) is 17.4 Å². The number of carboxylic acids is 1. The number of primary amides is 1. The third kappa shape index (κ3) is 10.1. The van der Waals surface area contributed by atoms with E-state index in [4.69, 9.17) is 16.6 Å². The van der Waals surface area contributed by atoms with Crippen LogP contribution in [0.5, 0.6) is 0 Å². The molecular weight excluding hydrogens is 430 g/mol. The molecule has 0 fully saturated rings. The Hall–Kier alpha value is -3.47. The summed E-state index contributed by atoms with van der Waals surface area (Å²) in [4.78, 5) is 60.0. The Morgan fingerprint density at radius 3 is 1.97 bits per heavy atom. The molecule has 0 spiro atoms. The van der Waals surface area contributed by atoms with E-state index < -0.39 is 60.2 Å². The van der Waals surface area contributed by atoms with Gasteiger partial charge in [0.2, 0.25) is 23.6 Å². The first kappa shape index (κ1) is 27.6. The summed E-state index contributed by atoms with van der Waals surface area (Å²) in [6, 6.07) is 4.48. The van der Waals surface area contributed by atoms with Crippen LogP contribution in [0.4, 0.5) is 0 Å². The van der Waals surface area contributed by atoms with Crippen LogP contribution in [0.3, 0.4) is 0 Å². The van der Waals surface area contributed by atoms with Crippen molar-refractivity contribution < 1.29 is 29.1 Å². The van der Waals surface area contributed by atoms with E-state index >= 15 is 0 Å². The van der Waals surface area contributed by atoms with E-state index in [1.165, 1.54) is 6.92 Å². The Balaban J connectivity index is 2.90. The van der Waals surface area contributed by atoms with Gasteiger partial charge in [-0.15, -0.1) is 0 Å². The van der Waals surface area contributed by atoms with Crippen molar-refractivity contribution >= 4 is 29.6 Å². The SMILES string of the molecule is CC(C)CC(N)C(=O)NC(Cc1ccccc1)C(=O)NC(C)C(=O)NC(CC(N)=O)C(=O)O. The van der Waals surface area contributed by atoms with Crippen molar-refractivity contribution in [2.75, 3.05) is 0 Å². The van der Waals surface area contributed by atoms with Gasteiger partial charge < -0.3 is 32.5 Å². The second-order valence-corrected chi connectivity index (χ2v) is 8.29. The molecule has 0 bridgehead atoms. The first-order valence-electron chi connectivity index (χ1n) is 10.6. The number of hydrogen-bond donors (Lipinski definition) is 6. The minimum Gasteiger partial charge on any atom is -0.480 e. The molecule has 0 aromatic heterocycles. The van der Waals surface area contributed by atoms with E-state index in [9.17, 15) is 24.0 Å². The number of hydrogen-bond acceptors (Lipinski definition) is 6. The van der Waals surface area contributed by atoms with Crippen LogP contribution in [-0.4, -0.2) is 58.9 Å². The first-order valence-corrected chi connectivity index (χ1v) is 10.6. The summed E-state index contributed by atoms with van der Waals surface area (Å²) in [5.74, 6) is -4.12. The van der Waals surface area contributed by atoms with Gasteiger partial charge in [-0.05, 0) is 24.8 Å². The average Bonchev–Trinajstić information content (AvgIpc) is 2.72. The summed E-state index contributed by atoms with van der Waals surface area (Å²) in [5, 5.41) is 16.4. The Bertz CT molecular complexity index is 845. The Morgan fingerprint density at radius 2 is 1.45 bits per heavy atom. The molecule has 1 aromatic rings. The van der Waals surface area contributed by atoms with Gasteiger partial charge in [0.15, 0.2) is 0 Å². The quantitative estimate of drug-likeness (QED) is 0.217. The number of benzene rings is 1. The molecule has 33 heavy (non-hydrogen) atoms. The maximum atomic E-state index is 12.9. The third-order valence-corrected chi connectivity index (χ3v) is 4.75. The summed E-state index contributed by atoms with van der Waals surface area (Å²) in [5.41, 5.74) is 11.7. The van der Waals surface area contributed by atoms with Crippen LogP contribution < -0.4 is 27.4 Å². The van der Waals surface area contributed by atoms with E-state index in [0.29, 0.717) is 6.42 Å². The first-order chi connectivity index (χ1) is 15.4. The van der Waals surface area contributed by atoms with Gasteiger partial charge in [-0.3, -0.25) is 19.2 Å². The highest BCUT2D eigenvalue weighted by Gasteiger charge is 2.29. The molecule has 4 atom stereocenters. The molecular formula is C22H33N5O6. The van der Waals surface area contributed by atoms with Crippen molar-refractivity contribution in [3.05, 3.63) is 35.9 Å². The molecule has 0 aliphatic carbocycles. The van der Waals surface area contributed by atoms with Crippen LogP contribution in [0.2, 0.25) is 0 Å². The number of amides is 4. The van der Waals surface area contributed by atoms with E-state index in [0.717, 1.165) is 5.56 Å². The second-order valence-electron chi connectivity index (χ2n) is 8.29. The van der Waals surface area contributed by atoms with Crippen LogP contribution in [0.15, 0.2) is 30.3 Å². The van der Waals surface area contributed by atoms with E-state index in [2.05, 4.69) is 16.0 Å². The van der Waals surface area contributed by atoms with Gasteiger partial charge in [-0.25, -0.2) is 4.79 Å². The van der Waals surface area contributed by atoms with E-state index in [1.807, 2.05) is 19.9 Å². The fourth-order valence-corrected chi connectivity index (χ4v) is 3.03. The largest absolute Gasteiger partial charge is 0.480 e. The van der Waals surface area contributed by atoms with Crippen LogP contribution in [0.25, 0.3) is 0 Å². The van der Waals surface area contributed by atoms with Gasteiger partial charge in [-0.2, -0.15) is 0 Å². The maximum absolute atomic E-state index is 12.9. The fraction of sp³-hybridized carbons (Fsp3) is 0.500. The van der Waals surface area contributed by atoms with Gasteiger partial charge in [0.05, 0.1) is 12.5 Å². The van der Waals surface area contributed by atoms with Crippen molar-refractivity contribution in [3.63, 3.8) is 0 Å². The van der Waals surface area contributed by atoms with Gasteiger partial charge in [0.1, 0.15) is 18.1 Å². The number of carbonyl (C=O) groups is 5. The minimum absolute atomic E-state index is 0.153. The fourth-order valence-electron chi connectivity index (χ4n) is 3.03. The zero-order valence-corrected chi connectivity index (χ0v) is 19.0. The molecule has 1 aromatic carbocycles. The van der Waals surface area contributed by atoms with Gasteiger partial charge in [0.25, 0.3) is 0 Å². The lowest BCUT2D eigenvalue weighted by molar-refractivity contribution is -0.143. The van der Waals surface area contributed by atoms with Crippen LogP contribution in [0.1, 0.15) is 39.2 Å².